The molecule has 0 aliphatic heterocycles. The highest BCUT2D eigenvalue weighted by Gasteiger charge is 2.11. The Kier molecular flexibility index (Phi) is 4.93. The Labute approximate surface area is 124 Å². The van der Waals surface area contributed by atoms with Gasteiger partial charge in [0.25, 0.3) is 5.91 Å². The summed E-state index contributed by atoms with van der Waals surface area (Å²) in [5.74, 6) is -0.533. The molecule has 0 heterocycles. The van der Waals surface area contributed by atoms with E-state index < -0.39 is 0 Å². The fraction of sp³-hybridized carbons (Fsp3) is 0.235. The van der Waals surface area contributed by atoms with Crippen LogP contribution >= 0.6 is 0 Å². The van der Waals surface area contributed by atoms with Crippen LogP contribution in [0.15, 0.2) is 42.5 Å². The maximum absolute atomic E-state index is 12.9. The summed E-state index contributed by atoms with van der Waals surface area (Å²) < 4.78 is 12.9. The zero-order valence-electron chi connectivity index (χ0n) is 12.2. The topological polar surface area (TPSA) is 41.1 Å². The van der Waals surface area contributed by atoms with E-state index in [1.807, 2.05) is 19.1 Å². The largest absolute Gasteiger partial charge is 0.384 e. The zero-order valence-corrected chi connectivity index (χ0v) is 12.2. The fourth-order valence-corrected chi connectivity index (χ4v) is 1.99. The van der Waals surface area contributed by atoms with Crippen molar-refractivity contribution in [3.8, 4) is 0 Å². The number of carbonyl (C=O) groups is 1. The molecule has 2 N–H and O–H groups in total. The second-order valence-electron chi connectivity index (χ2n) is 4.94. The second kappa shape index (κ2) is 6.88. The molecule has 0 saturated heterocycles. The average Bonchev–Trinajstić information content (AvgIpc) is 2.47. The van der Waals surface area contributed by atoms with Crippen LogP contribution in [0.1, 0.15) is 29.3 Å². The highest BCUT2D eigenvalue weighted by Crippen LogP contribution is 2.19. The van der Waals surface area contributed by atoms with Gasteiger partial charge in [0.1, 0.15) is 5.82 Å². The molecular formula is C17H19FN2O. The van der Waals surface area contributed by atoms with E-state index in [9.17, 15) is 9.18 Å². The van der Waals surface area contributed by atoms with Crippen molar-refractivity contribution in [2.75, 3.05) is 17.2 Å². The highest BCUT2D eigenvalue weighted by atomic mass is 19.1. The van der Waals surface area contributed by atoms with Crippen molar-refractivity contribution in [3.05, 3.63) is 59.4 Å². The maximum Gasteiger partial charge on any atom is 0.257 e. The molecular weight excluding hydrogens is 267 g/mol. The number of halogens is 1. The molecule has 0 fully saturated rings. The fourth-order valence-electron chi connectivity index (χ4n) is 1.99. The third kappa shape index (κ3) is 4.05. The number of carbonyl (C=O) groups excluding carboxylic acids is 1. The van der Waals surface area contributed by atoms with Crippen LogP contribution in [0, 0.1) is 12.7 Å². The minimum Gasteiger partial charge on any atom is -0.384 e. The molecule has 110 valence electrons. The van der Waals surface area contributed by atoms with Crippen LogP contribution in [-0.4, -0.2) is 12.5 Å². The van der Waals surface area contributed by atoms with E-state index in [1.165, 1.54) is 12.1 Å². The number of anilines is 2. The first-order valence-electron chi connectivity index (χ1n) is 7.01. The summed E-state index contributed by atoms with van der Waals surface area (Å²) in [6.07, 6.45) is 0.979. The van der Waals surface area contributed by atoms with E-state index in [2.05, 4.69) is 17.6 Å². The van der Waals surface area contributed by atoms with Crippen LogP contribution in [0.5, 0.6) is 0 Å². The van der Waals surface area contributed by atoms with Gasteiger partial charge in [0.15, 0.2) is 0 Å². The summed E-state index contributed by atoms with van der Waals surface area (Å²) in [4.78, 5) is 12.3. The lowest BCUT2D eigenvalue weighted by Crippen LogP contribution is -2.15. The van der Waals surface area contributed by atoms with E-state index in [0.29, 0.717) is 11.3 Å². The lowest BCUT2D eigenvalue weighted by atomic mass is 10.1. The van der Waals surface area contributed by atoms with Gasteiger partial charge in [-0.3, -0.25) is 4.79 Å². The van der Waals surface area contributed by atoms with Crippen molar-refractivity contribution in [1.82, 2.24) is 0 Å². The molecule has 21 heavy (non-hydrogen) atoms. The van der Waals surface area contributed by atoms with Crippen LogP contribution in [0.3, 0.4) is 0 Å². The van der Waals surface area contributed by atoms with Gasteiger partial charge in [-0.25, -0.2) is 4.39 Å². The van der Waals surface area contributed by atoms with Crippen LogP contribution in [-0.2, 0) is 0 Å². The standard InChI is InChI=1S/C17H19FN2O/c1-3-10-19-16-11-12(2)4-9-15(16)17(21)20-14-7-5-13(18)6-8-14/h4-9,11,19H,3,10H2,1-2H3,(H,20,21). The maximum atomic E-state index is 12.9. The molecule has 2 aromatic rings. The first-order valence-corrected chi connectivity index (χ1v) is 7.01. The first-order chi connectivity index (χ1) is 10.1. The van der Waals surface area contributed by atoms with Gasteiger partial charge in [0.2, 0.25) is 0 Å². The molecule has 0 aliphatic carbocycles. The van der Waals surface area contributed by atoms with Gasteiger partial charge >= 0.3 is 0 Å². The minimum absolute atomic E-state index is 0.208. The summed E-state index contributed by atoms with van der Waals surface area (Å²) in [5.41, 5.74) is 3.06. The quantitative estimate of drug-likeness (QED) is 0.864. The van der Waals surface area contributed by atoms with E-state index in [1.54, 1.807) is 18.2 Å². The Morgan fingerprint density at radius 3 is 2.52 bits per heavy atom. The number of rotatable bonds is 5. The summed E-state index contributed by atoms with van der Waals surface area (Å²) in [5, 5.41) is 6.03. The SMILES string of the molecule is CCCNc1cc(C)ccc1C(=O)Nc1ccc(F)cc1. The number of hydrogen-bond donors (Lipinski definition) is 2. The van der Waals surface area contributed by atoms with Crippen molar-refractivity contribution in [2.45, 2.75) is 20.3 Å². The van der Waals surface area contributed by atoms with Gasteiger partial charge in [-0.15, -0.1) is 0 Å². The van der Waals surface area contributed by atoms with E-state index >= 15 is 0 Å². The second-order valence-corrected chi connectivity index (χ2v) is 4.94. The summed E-state index contributed by atoms with van der Waals surface area (Å²) in [6.45, 7) is 4.86. The molecule has 0 radical (unpaired) electrons. The van der Waals surface area contributed by atoms with Crippen molar-refractivity contribution in [3.63, 3.8) is 0 Å². The predicted molar refractivity (Wildman–Crippen MR) is 84.3 cm³/mol. The van der Waals surface area contributed by atoms with Gasteiger partial charge in [0.05, 0.1) is 5.56 Å². The Bertz CT molecular complexity index is 623. The Balaban J connectivity index is 2.19. The smallest absolute Gasteiger partial charge is 0.257 e. The Morgan fingerprint density at radius 1 is 1.14 bits per heavy atom. The molecule has 3 nitrogen and oxygen atoms in total. The Morgan fingerprint density at radius 2 is 1.86 bits per heavy atom. The number of aryl methyl sites for hydroxylation is 1. The zero-order chi connectivity index (χ0) is 15.2. The van der Waals surface area contributed by atoms with Crippen LogP contribution in [0.4, 0.5) is 15.8 Å². The molecule has 1 amide bonds. The highest BCUT2D eigenvalue weighted by molar-refractivity contribution is 6.08. The number of amides is 1. The molecule has 0 aliphatic rings. The molecule has 2 rings (SSSR count). The van der Waals surface area contributed by atoms with Gasteiger partial charge in [-0.2, -0.15) is 0 Å². The molecule has 0 saturated carbocycles. The summed E-state index contributed by atoms with van der Waals surface area (Å²) >= 11 is 0. The molecule has 0 aromatic heterocycles. The van der Waals surface area contributed by atoms with Gasteiger partial charge in [0, 0.05) is 17.9 Å². The van der Waals surface area contributed by atoms with Crippen molar-refractivity contribution < 1.29 is 9.18 Å². The minimum atomic E-state index is -0.325. The van der Waals surface area contributed by atoms with Gasteiger partial charge in [-0.1, -0.05) is 13.0 Å². The molecule has 4 heteroatoms. The molecule has 0 bridgehead atoms. The molecule has 0 atom stereocenters. The molecule has 0 unspecified atom stereocenters. The van der Waals surface area contributed by atoms with E-state index in [-0.39, 0.29) is 11.7 Å². The van der Waals surface area contributed by atoms with Gasteiger partial charge < -0.3 is 10.6 Å². The number of benzene rings is 2. The normalized spacial score (nSPS) is 10.2. The van der Waals surface area contributed by atoms with Crippen LogP contribution in [0.2, 0.25) is 0 Å². The van der Waals surface area contributed by atoms with E-state index in [4.69, 9.17) is 0 Å². The lowest BCUT2D eigenvalue weighted by Gasteiger charge is -2.12. The number of nitrogens with one attached hydrogen (secondary N) is 2. The van der Waals surface area contributed by atoms with Crippen molar-refractivity contribution >= 4 is 17.3 Å². The Hall–Kier alpha value is -2.36. The first kappa shape index (κ1) is 15.0. The van der Waals surface area contributed by atoms with Crippen molar-refractivity contribution in [2.24, 2.45) is 0 Å². The van der Waals surface area contributed by atoms with Gasteiger partial charge in [-0.05, 0) is 55.3 Å². The third-order valence-electron chi connectivity index (χ3n) is 3.09. The average molecular weight is 286 g/mol. The van der Waals surface area contributed by atoms with E-state index in [0.717, 1.165) is 24.2 Å². The molecule has 2 aromatic carbocycles. The van der Waals surface area contributed by atoms with Crippen molar-refractivity contribution in [1.29, 1.82) is 0 Å². The summed E-state index contributed by atoms with van der Waals surface area (Å²) in [7, 11) is 0. The van der Waals surface area contributed by atoms with Crippen LogP contribution in [0.25, 0.3) is 0 Å². The third-order valence-corrected chi connectivity index (χ3v) is 3.09. The summed E-state index contributed by atoms with van der Waals surface area (Å²) in [6, 6.07) is 11.4. The van der Waals surface area contributed by atoms with Crippen LogP contribution < -0.4 is 10.6 Å². The monoisotopic (exact) mass is 286 g/mol. The molecule has 0 spiro atoms. The number of hydrogen-bond acceptors (Lipinski definition) is 2. The lowest BCUT2D eigenvalue weighted by molar-refractivity contribution is 0.102. The predicted octanol–water partition coefficient (Wildman–Crippen LogP) is 4.21.